The minimum Gasteiger partial charge on any atom is -0.503 e. The van der Waals surface area contributed by atoms with Gasteiger partial charge in [-0.15, -0.1) is 0 Å². The lowest BCUT2D eigenvalue weighted by Crippen LogP contribution is -2.49. The molecule has 1 unspecified atom stereocenters. The quantitative estimate of drug-likeness (QED) is 0.521. The number of hydrogen-bond acceptors (Lipinski definition) is 8. The predicted molar refractivity (Wildman–Crippen MR) is 119 cm³/mol. The van der Waals surface area contributed by atoms with Crippen molar-refractivity contribution in [3.05, 3.63) is 18.0 Å². The Labute approximate surface area is 190 Å². The van der Waals surface area contributed by atoms with Gasteiger partial charge in [-0.25, -0.2) is 4.98 Å². The van der Waals surface area contributed by atoms with Gasteiger partial charge < -0.3 is 34.5 Å². The fraction of sp³-hybridized carbons (Fsp3) is 0.739. The zero-order valence-electron chi connectivity index (χ0n) is 19.7. The lowest BCUT2D eigenvalue weighted by Gasteiger charge is -2.32. The van der Waals surface area contributed by atoms with Gasteiger partial charge >= 0.3 is 0 Å². The molecule has 9 nitrogen and oxygen atoms in total. The number of aromatic hydroxyl groups is 1. The Hall–Kier alpha value is -1.94. The highest BCUT2D eigenvalue weighted by Crippen LogP contribution is 2.28. The van der Waals surface area contributed by atoms with Crippen LogP contribution in [0, 0.1) is 11.8 Å². The third kappa shape index (κ3) is 7.30. The van der Waals surface area contributed by atoms with E-state index in [2.05, 4.69) is 24.1 Å². The molecular formula is C23H38N2O7. The Bertz CT molecular complexity index is 716. The van der Waals surface area contributed by atoms with Crippen LogP contribution < -0.4 is 10.1 Å². The summed E-state index contributed by atoms with van der Waals surface area (Å²) in [7, 11) is 1.38. The van der Waals surface area contributed by atoms with E-state index in [0.717, 1.165) is 19.3 Å². The second-order valence-corrected chi connectivity index (χ2v) is 8.63. The van der Waals surface area contributed by atoms with Crippen molar-refractivity contribution < 1.29 is 34.0 Å². The average Bonchev–Trinajstić information content (AvgIpc) is 2.80. The number of amides is 1. The maximum absolute atomic E-state index is 12.7. The summed E-state index contributed by atoms with van der Waals surface area (Å²) in [5.74, 6) is -0.261. The summed E-state index contributed by atoms with van der Waals surface area (Å²) in [4.78, 5) is 16.7. The van der Waals surface area contributed by atoms with Crippen molar-refractivity contribution in [3.8, 4) is 11.5 Å². The molecule has 32 heavy (non-hydrogen) atoms. The highest BCUT2D eigenvalue weighted by Gasteiger charge is 2.35. The Kier molecular flexibility index (Phi) is 10.6. The van der Waals surface area contributed by atoms with Gasteiger partial charge in [-0.2, -0.15) is 0 Å². The van der Waals surface area contributed by atoms with Crippen LogP contribution in [0.2, 0.25) is 0 Å². The molecule has 0 radical (unpaired) electrons. The molecule has 2 rings (SSSR count). The molecule has 9 heteroatoms. The van der Waals surface area contributed by atoms with Crippen LogP contribution >= 0.6 is 0 Å². The first-order valence-corrected chi connectivity index (χ1v) is 11.3. The summed E-state index contributed by atoms with van der Waals surface area (Å²) in [6, 6.07) is 0.593. The molecule has 182 valence electrons. The number of rotatable bonds is 9. The van der Waals surface area contributed by atoms with Crippen LogP contribution in [0.4, 0.5) is 0 Å². The number of nitrogens with one attached hydrogen (secondary N) is 1. The molecular weight excluding hydrogens is 416 g/mol. The molecule has 3 N–H and O–H groups in total. The van der Waals surface area contributed by atoms with E-state index in [1.54, 1.807) is 0 Å². The number of carbonyl (C=O) groups is 1. The number of aliphatic hydroxyl groups is 1. The molecule has 2 heterocycles. The van der Waals surface area contributed by atoms with Crippen molar-refractivity contribution in [2.45, 2.75) is 71.5 Å². The molecule has 0 aliphatic carbocycles. The third-order valence-corrected chi connectivity index (χ3v) is 5.52. The topological polar surface area (TPSA) is 119 Å². The van der Waals surface area contributed by atoms with Gasteiger partial charge in [-0.3, -0.25) is 4.79 Å². The summed E-state index contributed by atoms with van der Waals surface area (Å²) in [6.07, 6.45) is 2.21. The van der Waals surface area contributed by atoms with Crippen molar-refractivity contribution in [3.63, 3.8) is 0 Å². The molecule has 1 fully saturated rings. The Morgan fingerprint density at radius 1 is 1.38 bits per heavy atom. The lowest BCUT2D eigenvalue weighted by molar-refractivity contribution is -0.185. The number of ether oxygens (including phenoxy) is 4. The van der Waals surface area contributed by atoms with Crippen LogP contribution in [0.5, 0.6) is 11.5 Å². The van der Waals surface area contributed by atoms with Gasteiger partial charge in [0.2, 0.25) is 0 Å². The Morgan fingerprint density at radius 2 is 2.12 bits per heavy atom. The van der Waals surface area contributed by atoms with Crippen LogP contribution in [0.25, 0.3) is 0 Å². The predicted octanol–water partition coefficient (Wildman–Crippen LogP) is 2.50. The van der Waals surface area contributed by atoms with Gasteiger partial charge in [0.05, 0.1) is 32.5 Å². The number of pyridine rings is 1. The van der Waals surface area contributed by atoms with E-state index in [1.807, 2.05) is 13.8 Å². The van der Waals surface area contributed by atoms with Crippen LogP contribution in [-0.2, 0) is 14.2 Å². The van der Waals surface area contributed by atoms with E-state index in [0.29, 0.717) is 19.1 Å². The van der Waals surface area contributed by atoms with E-state index in [-0.39, 0.29) is 35.8 Å². The van der Waals surface area contributed by atoms with Gasteiger partial charge in [-0.1, -0.05) is 27.2 Å². The lowest BCUT2D eigenvalue weighted by atomic mass is 9.91. The summed E-state index contributed by atoms with van der Waals surface area (Å²) >= 11 is 0. The molecule has 1 aromatic heterocycles. The summed E-state index contributed by atoms with van der Waals surface area (Å²) in [6.45, 7) is 9.33. The molecule has 5 atom stereocenters. The number of aromatic nitrogens is 1. The second kappa shape index (κ2) is 12.9. The normalized spacial score (nSPS) is 26.8. The zero-order valence-corrected chi connectivity index (χ0v) is 19.7. The monoisotopic (exact) mass is 454 g/mol. The van der Waals surface area contributed by atoms with Gasteiger partial charge in [0.1, 0.15) is 6.04 Å². The van der Waals surface area contributed by atoms with Gasteiger partial charge in [0.15, 0.2) is 23.5 Å². The molecule has 0 spiro atoms. The molecule has 0 saturated carbocycles. The maximum Gasteiger partial charge on any atom is 0.274 e. The Morgan fingerprint density at radius 3 is 2.78 bits per heavy atom. The maximum atomic E-state index is 12.7. The standard InChI is InChI=1S/C23H38N2O7/c1-6-11-31-21-15(4)32-23(28)17(13-30-12-16(21)8-7-14(2)3)25-22(27)19-20(26)18(29-5)9-10-24-19/h9-10,14-17,21,23,26,28H,6-8,11-13H2,1-5H3,(H,25,27)/t15-,16-,17-,21-,23?/m0/s1. The van der Waals surface area contributed by atoms with Crippen LogP contribution in [0.15, 0.2) is 12.3 Å². The van der Waals surface area contributed by atoms with Crippen molar-refractivity contribution in [2.24, 2.45) is 11.8 Å². The minimum absolute atomic E-state index is 0.0447. The van der Waals surface area contributed by atoms with Crippen LogP contribution in [-0.4, -0.2) is 72.6 Å². The molecule has 0 aromatic carbocycles. The van der Waals surface area contributed by atoms with E-state index in [4.69, 9.17) is 18.9 Å². The fourth-order valence-electron chi connectivity index (χ4n) is 3.74. The molecule has 1 aliphatic rings. The second-order valence-electron chi connectivity index (χ2n) is 8.63. The number of methoxy groups -OCH3 is 1. The van der Waals surface area contributed by atoms with Gasteiger partial charge in [0.25, 0.3) is 5.91 Å². The van der Waals surface area contributed by atoms with E-state index in [9.17, 15) is 15.0 Å². The molecule has 1 aromatic rings. The zero-order chi connectivity index (χ0) is 23.7. The average molecular weight is 455 g/mol. The molecule has 1 saturated heterocycles. The fourth-order valence-corrected chi connectivity index (χ4v) is 3.74. The molecule has 1 aliphatic heterocycles. The first-order chi connectivity index (χ1) is 15.3. The van der Waals surface area contributed by atoms with Crippen molar-refractivity contribution in [1.82, 2.24) is 10.3 Å². The summed E-state index contributed by atoms with van der Waals surface area (Å²) in [5, 5.41) is 23.6. The van der Waals surface area contributed by atoms with E-state index in [1.165, 1.54) is 19.4 Å². The highest BCUT2D eigenvalue weighted by atomic mass is 16.6. The largest absolute Gasteiger partial charge is 0.503 e. The number of aliphatic hydroxyl groups excluding tert-OH is 1. The minimum atomic E-state index is -1.32. The van der Waals surface area contributed by atoms with E-state index >= 15 is 0 Å². The number of carbonyl (C=O) groups excluding carboxylic acids is 1. The SMILES string of the molecule is CCCO[C@@H]1[C@@H](CCC(C)C)COC[C@H](NC(=O)c2nccc(OC)c2O)C(O)O[C@H]1C. The first-order valence-electron chi connectivity index (χ1n) is 11.3. The smallest absolute Gasteiger partial charge is 0.274 e. The van der Waals surface area contributed by atoms with Gasteiger partial charge in [-0.05, 0) is 25.7 Å². The van der Waals surface area contributed by atoms with Crippen molar-refractivity contribution >= 4 is 5.91 Å². The van der Waals surface area contributed by atoms with Crippen molar-refractivity contribution in [2.75, 3.05) is 26.9 Å². The van der Waals surface area contributed by atoms with Crippen LogP contribution in [0.1, 0.15) is 57.4 Å². The molecule has 0 bridgehead atoms. The van der Waals surface area contributed by atoms with Gasteiger partial charge in [0, 0.05) is 24.8 Å². The number of nitrogens with zero attached hydrogens (tertiary/aromatic N) is 1. The van der Waals surface area contributed by atoms with Crippen LogP contribution in [0.3, 0.4) is 0 Å². The first kappa shape index (κ1) is 26.3. The number of hydrogen-bond donors (Lipinski definition) is 3. The summed E-state index contributed by atoms with van der Waals surface area (Å²) in [5.41, 5.74) is -0.205. The molecule has 1 amide bonds. The Balaban J connectivity index is 2.15. The summed E-state index contributed by atoms with van der Waals surface area (Å²) < 4.78 is 22.9. The van der Waals surface area contributed by atoms with Crippen molar-refractivity contribution in [1.29, 1.82) is 0 Å². The third-order valence-electron chi connectivity index (χ3n) is 5.52. The highest BCUT2D eigenvalue weighted by molar-refractivity contribution is 5.95. The van der Waals surface area contributed by atoms with E-state index < -0.39 is 24.3 Å².